The predicted octanol–water partition coefficient (Wildman–Crippen LogP) is 3.63. The summed E-state index contributed by atoms with van der Waals surface area (Å²) in [5.74, 6) is 2.00. The van der Waals surface area contributed by atoms with Gasteiger partial charge in [-0.2, -0.15) is 17.3 Å². The molecule has 0 saturated heterocycles. The SMILES string of the molecule is SCC1(CSc2nnnn2-c2ccccc2)CCCCC1. The summed E-state index contributed by atoms with van der Waals surface area (Å²) >= 11 is 6.36. The van der Waals surface area contributed by atoms with E-state index in [1.165, 1.54) is 32.1 Å². The average molecular weight is 320 g/mol. The van der Waals surface area contributed by atoms with Gasteiger partial charge < -0.3 is 0 Å². The number of hydrogen-bond donors (Lipinski definition) is 1. The Hall–Kier alpha value is -1.01. The smallest absolute Gasteiger partial charge is 0.188 e. The van der Waals surface area contributed by atoms with Crippen molar-refractivity contribution in [3.05, 3.63) is 30.3 Å². The maximum absolute atomic E-state index is 4.60. The van der Waals surface area contributed by atoms with Crippen LogP contribution in [-0.4, -0.2) is 31.7 Å². The zero-order valence-electron chi connectivity index (χ0n) is 12.0. The number of thioether (sulfide) groups is 1. The highest BCUT2D eigenvalue weighted by Crippen LogP contribution is 2.41. The van der Waals surface area contributed by atoms with Gasteiger partial charge in [0.25, 0.3) is 0 Å². The lowest BCUT2D eigenvalue weighted by Crippen LogP contribution is -2.29. The second kappa shape index (κ2) is 6.83. The summed E-state index contributed by atoms with van der Waals surface area (Å²) in [7, 11) is 0. The number of para-hydroxylation sites is 1. The van der Waals surface area contributed by atoms with Gasteiger partial charge in [0.2, 0.25) is 5.16 Å². The van der Waals surface area contributed by atoms with Crippen LogP contribution in [0.15, 0.2) is 35.5 Å². The van der Waals surface area contributed by atoms with Crippen molar-refractivity contribution >= 4 is 24.4 Å². The number of hydrogen-bond acceptors (Lipinski definition) is 5. The molecule has 112 valence electrons. The third kappa shape index (κ3) is 3.43. The Kier molecular flexibility index (Phi) is 4.85. The minimum Gasteiger partial charge on any atom is -0.188 e. The fourth-order valence-electron chi connectivity index (χ4n) is 2.87. The van der Waals surface area contributed by atoms with Crippen molar-refractivity contribution in [2.24, 2.45) is 5.41 Å². The third-order valence-corrected chi connectivity index (χ3v) is 6.14. The predicted molar refractivity (Wildman–Crippen MR) is 89.2 cm³/mol. The zero-order chi connectivity index (χ0) is 14.5. The molecule has 0 aliphatic heterocycles. The molecule has 0 amide bonds. The quantitative estimate of drug-likeness (QED) is 0.675. The highest BCUT2D eigenvalue weighted by molar-refractivity contribution is 7.99. The monoisotopic (exact) mass is 320 g/mol. The van der Waals surface area contributed by atoms with Gasteiger partial charge in [-0.05, 0) is 46.6 Å². The molecule has 0 bridgehead atoms. The molecule has 1 aromatic carbocycles. The molecule has 0 atom stereocenters. The van der Waals surface area contributed by atoms with Gasteiger partial charge in [-0.1, -0.05) is 49.2 Å². The van der Waals surface area contributed by atoms with E-state index < -0.39 is 0 Å². The van der Waals surface area contributed by atoms with E-state index in [1.807, 2.05) is 35.0 Å². The van der Waals surface area contributed by atoms with Crippen LogP contribution in [0, 0.1) is 5.41 Å². The van der Waals surface area contributed by atoms with Gasteiger partial charge in [0, 0.05) is 5.75 Å². The topological polar surface area (TPSA) is 43.6 Å². The first-order valence-corrected chi connectivity index (χ1v) is 9.02. The van der Waals surface area contributed by atoms with Crippen LogP contribution in [0.25, 0.3) is 5.69 Å². The van der Waals surface area contributed by atoms with Gasteiger partial charge in [-0.3, -0.25) is 0 Å². The average Bonchev–Trinajstić information content (AvgIpc) is 3.03. The van der Waals surface area contributed by atoms with Crippen LogP contribution in [0.5, 0.6) is 0 Å². The number of thiol groups is 1. The van der Waals surface area contributed by atoms with E-state index in [2.05, 4.69) is 28.2 Å². The van der Waals surface area contributed by atoms with E-state index in [1.54, 1.807) is 11.8 Å². The van der Waals surface area contributed by atoms with Gasteiger partial charge in [-0.15, -0.1) is 5.10 Å². The Labute approximate surface area is 135 Å². The number of nitrogens with zero attached hydrogens (tertiary/aromatic N) is 4. The summed E-state index contributed by atoms with van der Waals surface area (Å²) < 4.78 is 1.82. The maximum atomic E-state index is 4.60. The highest BCUT2D eigenvalue weighted by Gasteiger charge is 2.31. The molecule has 0 spiro atoms. The van der Waals surface area contributed by atoms with Gasteiger partial charge in [-0.25, -0.2) is 0 Å². The van der Waals surface area contributed by atoms with E-state index in [9.17, 15) is 0 Å². The van der Waals surface area contributed by atoms with Gasteiger partial charge >= 0.3 is 0 Å². The minimum absolute atomic E-state index is 0.347. The Morgan fingerprint density at radius 3 is 2.62 bits per heavy atom. The molecule has 0 radical (unpaired) electrons. The van der Waals surface area contributed by atoms with Crippen LogP contribution in [0.2, 0.25) is 0 Å². The molecule has 2 aromatic rings. The molecular formula is C15H20N4S2. The number of benzene rings is 1. The summed E-state index contributed by atoms with van der Waals surface area (Å²) in [5, 5.41) is 13.0. The maximum Gasteiger partial charge on any atom is 0.214 e. The van der Waals surface area contributed by atoms with Crippen molar-refractivity contribution < 1.29 is 0 Å². The summed E-state index contributed by atoms with van der Waals surface area (Å²) in [4.78, 5) is 0. The molecule has 1 fully saturated rings. The Bertz CT molecular complexity index is 564. The van der Waals surface area contributed by atoms with Crippen LogP contribution in [0.3, 0.4) is 0 Å². The van der Waals surface area contributed by atoms with Crippen LogP contribution < -0.4 is 0 Å². The minimum atomic E-state index is 0.347. The Morgan fingerprint density at radius 1 is 1.14 bits per heavy atom. The van der Waals surface area contributed by atoms with Crippen molar-refractivity contribution in [3.63, 3.8) is 0 Å². The van der Waals surface area contributed by atoms with Crippen molar-refractivity contribution in [2.75, 3.05) is 11.5 Å². The first-order valence-electron chi connectivity index (χ1n) is 7.40. The molecule has 1 aromatic heterocycles. The van der Waals surface area contributed by atoms with Gasteiger partial charge in [0.05, 0.1) is 5.69 Å². The molecule has 1 aliphatic rings. The first kappa shape index (κ1) is 14.9. The molecule has 1 heterocycles. The second-order valence-corrected chi connectivity index (χ2v) is 6.97. The summed E-state index contributed by atoms with van der Waals surface area (Å²) in [5.41, 5.74) is 1.35. The molecule has 1 aliphatic carbocycles. The third-order valence-electron chi connectivity index (χ3n) is 4.20. The summed E-state index contributed by atoms with van der Waals surface area (Å²) in [6.45, 7) is 0. The summed E-state index contributed by atoms with van der Waals surface area (Å²) in [6, 6.07) is 10.0. The van der Waals surface area contributed by atoms with Gasteiger partial charge in [0.15, 0.2) is 0 Å². The molecule has 0 unspecified atom stereocenters. The van der Waals surface area contributed by atoms with Crippen molar-refractivity contribution in [2.45, 2.75) is 37.3 Å². The number of tetrazole rings is 1. The second-order valence-electron chi connectivity index (χ2n) is 5.72. The molecule has 21 heavy (non-hydrogen) atoms. The lowest BCUT2D eigenvalue weighted by Gasteiger charge is -2.35. The van der Waals surface area contributed by atoms with E-state index in [4.69, 9.17) is 0 Å². The summed E-state index contributed by atoms with van der Waals surface area (Å²) in [6.07, 6.45) is 6.56. The molecule has 0 N–H and O–H groups in total. The number of aromatic nitrogens is 4. The van der Waals surface area contributed by atoms with Crippen LogP contribution in [-0.2, 0) is 0 Å². The zero-order valence-corrected chi connectivity index (χ0v) is 13.7. The number of rotatable bonds is 5. The highest BCUT2D eigenvalue weighted by atomic mass is 32.2. The van der Waals surface area contributed by atoms with Crippen molar-refractivity contribution in [1.82, 2.24) is 20.2 Å². The van der Waals surface area contributed by atoms with Crippen LogP contribution in [0.4, 0.5) is 0 Å². The van der Waals surface area contributed by atoms with Crippen molar-refractivity contribution in [3.8, 4) is 5.69 Å². The molecule has 4 nitrogen and oxygen atoms in total. The van der Waals surface area contributed by atoms with Crippen LogP contribution in [0.1, 0.15) is 32.1 Å². The largest absolute Gasteiger partial charge is 0.214 e. The normalized spacial score (nSPS) is 17.8. The van der Waals surface area contributed by atoms with Gasteiger partial charge in [0.1, 0.15) is 0 Å². The van der Waals surface area contributed by atoms with Crippen molar-refractivity contribution in [1.29, 1.82) is 0 Å². The van der Waals surface area contributed by atoms with E-state index in [0.29, 0.717) is 5.41 Å². The standard InChI is InChI=1S/C15H20N4S2/c20-11-15(9-5-2-6-10-15)12-21-14-16-17-18-19(14)13-7-3-1-4-8-13/h1,3-4,7-8,20H,2,5-6,9-12H2. The van der Waals surface area contributed by atoms with Crippen LogP contribution >= 0.6 is 24.4 Å². The molecule has 1 saturated carbocycles. The fourth-order valence-corrected chi connectivity index (χ4v) is 4.63. The lowest BCUT2D eigenvalue weighted by molar-refractivity contribution is 0.258. The lowest BCUT2D eigenvalue weighted by atomic mass is 9.77. The van der Waals surface area contributed by atoms with E-state index in [0.717, 1.165) is 22.3 Å². The molecular weight excluding hydrogens is 300 g/mol. The molecule has 6 heteroatoms. The van der Waals surface area contributed by atoms with E-state index in [-0.39, 0.29) is 0 Å². The molecule has 3 rings (SSSR count). The Balaban J connectivity index is 1.73. The first-order chi connectivity index (χ1) is 10.3. The fraction of sp³-hybridized carbons (Fsp3) is 0.533. The van der Waals surface area contributed by atoms with E-state index >= 15 is 0 Å². The Morgan fingerprint density at radius 2 is 1.90 bits per heavy atom.